The van der Waals surface area contributed by atoms with E-state index in [4.69, 9.17) is 4.74 Å². The number of hydrogen-bond donors (Lipinski definition) is 1. The molecule has 2 nitrogen and oxygen atoms in total. The van der Waals surface area contributed by atoms with Gasteiger partial charge < -0.3 is 10.1 Å². The summed E-state index contributed by atoms with van der Waals surface area (Å²) in [6.45, 7) is 4.54. The highest BCUT2D eigenvalue weighted by Gasteiger charge is 2.30. The van der Waals surface area contributed by atoms with E-state index in [1.54, 1.807) is 7.11 Å². The van der Waals surface area contributed by atoms with Gasteiger partial charge in [0.2, 0.25) is 0 Å². The smallest absolute Gasteiger partial charge is 0.118 e. The Morgan fingerprint density at radius 2 is 1.94 bits per heavy atom. The van der Waals surface area contributed by atoms with E-state index in [1.807, 2.05) is 0 Å². The van der Waals surface area contributed by atoms with E-state index in [2.05, 4.69) is 43.4 Å². The van der Waals surface area contributed by atoms with Crippen LogP contribution in [0.25, 0.3) is 0 Å². The summed E-state index contributed by atoms with van der Waals surface area (Å²) in [5.41, 5.74) is 1.46. The van der Waals surface area contributed by atoms with Crippen LogP contribution in [0.4, 0.5) is 0 Å². The molecule has 18 heavy (non-hydrogen) atoms. The molecule has 100 valence electrons. The molecule has 0 spiro atoms. The zero-order valence-corrected chi connectivity index (χ0v) is 11.8. The molecule has 0 saturated heterocycles. The average Bonchev–Trinajstić information content (AvgIpc) is 2.34. The summed E-state index contributed by atoms with van der Waals surface area (Å²) in [4.78, 5) is 0. The van der Waals surface area contributed by atoms with Crippen LogP contribution in [-0.2, 0) is 0 Å². The SMILES string of the molecule is CCCC(C)NC1CC(c2ccc(OC)cc2)C1. The molecule has 2 heteroatoms. The van der Waals surface area contributed by atoms with Gasteiger partial charge in [0.05, 0.1) is 7.11 Å². The third-order valence-corrected chi connectivity index (χ3v) is 3.97. The van der Waals surface area contributed by atoms with Crippen molar-refractivity contribution in [2.45, 2.75) is 57.5 Å². The molecule has 1 aliphatic carbocycles. The van der Waals surface area contributed by atoms with Crippen molar-refractivity contribution in [3.05, 3.63) is 29.8 Å². The van der Waals surface area contributed by atoms with Crippen LogP contribution in [-0.4, -0.2) is 19.2 Å². The normalized spacial score (nSPS) is 24.4. The molecule has 1 aromatic rings. The zero-order chi connectivity index (χ0) is 13.0. The molecule has 0 aliphatic heterocycles. The molecule has 0 aromatic heterocycles. The first-order valence-corrected chi connectivity index (χ1v) is 7.13. The van der Waals surface area contributed by atoms with Gasteiger partial charge in [0.25, 0.3) is 0 Å². The van der Waals surface area contributed by atoms with Crippen molar-refractivity contribution < 1.29 is 4.74 Å². The van der Waals surface area contributed by atoms with Crippen LogP contribution in [0.5, 0.6) is 5.75 Å². The zero-order valence-electron chi connectivity index (χ0n) is 11.8. The van der Waals surface area contributed by atoms with Gasteiger partial charge >= 0.3 is 0 Å². The Morgan fingerprint density at radius 3 is 2.50 bits per heavy atom. The van der Waals surface area contributed by atoms with E-state index in [0.29, 0.717) is 6.04 Å². The molecule has 1 aliphatic rings. The fraction of sp³-hybridized carbons (Fsp3) is 0.625. The molecule has 2 rings (SSSR count). The van der Waals surface area contributed by atoms with E-state index < -0.39 is 0 Å². The van der Waals surface area contributed by atoms with Gasteiger partial charge in [-0.3, -0.25) is 0 Å². The highest BCUT2D eigenvalue weighted by Crippen LogP contribution is 2.37. The second-order valence-electron chi connectivity index (χ2n) is 5.49. The highest BCUT2D eigenvalue weighted by atomic mass is 16.5. The van der Waals surface area contributed by atoms with Crippen molar-refractivity contribution in [2.75, 3.05) is 7.11 Å². The van der Waals surface area contributed by atoms with E-state index >= 15 is 0 Å². The summed E-state index contributed by atoms with van der Waals surface area (Å²) < 4.78 is 5.19. The van der Waals surface area contributed by atoms with Gasteiger partial charge in [-0.15, -0.1) is 0 Å². The lowest BCUT2D eigenvalue weighted by atomic mass is 9.75. The average molecular weight is 247 g/mol. The van der Waals surface area contributed by atoms with Gasteiger partial charge in [-0.1, -0.05) is 25.5 Å². The quantitative estimate of drug-likeness (QED) is 0.827. The van der Waals surface area contributed by atoms with E-state index in [9.17, 15) is 0 Å². The molecule has 1 fully saturated rings. The van der Waals surface area contributed by atoms with Crippen molar-refractivity contribution >= 4 is 0 Å². The fourth-order valence-electron chi connectivity index (χ4n) is 2.82. The molecule has 1 unspecified atom stereocenters. The van der Waals surface area contributed by atoms with Crippen LogP contribution in [0, 0.1) is 0 Å². The van der Waals surface area contributed by atoms with Gasteiger partial charge in [0.1, 0.15) is 5.75 Å². The summed E-state index contributed by atoms with van der Waals surface area (Å²) in [6, 6.07) is 9.92. The number of nitrogens with one attached hydrogen (secondary N) is 1. The van der Waals surface area contributed by atoms with Crippen molar-refractivity contribution in [1.29, 1.82) is 0 Å². The van der Waals surface area contributed by atoms with Crippen LogP contribution in [0.1, 0.15) is 51.0 Å². The second-order valence-corrected chi connectivity index (χ2v) is 5.49. The lowest BCUT2D eigenvalue weighted by Crippen LogP contribution is -2.44. The van der Waals surface area contributed by atoms with Gasteiger partial charge in [0, 0.05) is 12.1 Å². The summed E-state index contributed by atoms with van der Waals surface area (Å²) in [5, 5.41) is 3.71. The molecule has 1 atom stereocenters. The van der Waals surface area contributed by atoms with Crippen LogP contribution < -0.4 is 10.1 Å². The Morgan fingerprint density at radius 1 is 1.28 bits per heavy atom. The Labute approximate surface area is 111 Å². The van der Waals surface area contributed by atoms with Crippen LogP contribution in [0.3, 0.4) is 0 Å². The Hall–Kier alpha value is -1.02. The molecule has 0 amide bonds. The molecular formula is C16H25NO. The van der Waals surface area contributed by atoms with Gasteiger partial charge in [-0.25, -0.2) is 0 Å². The molecule has 0 heterocycles. The maximum Gasteiger partial charge on any atom is 0.118 e. The minimum atomic E-state index is 0.664. The largest absolute Gasteiger partial charge is 0.497 e. The molecule has 1 N–H and O–H groups in total. The molecule has 1 saturated carbocycles. The second kappa shape index (κ2) is 6.24. The first-order chi connectivity index (χ1) is 8.72. The van der Waals surface area contributed by atoms with Gasteiger partial charge in [-0.2, -0.15) is 0 Å². The maximum absolute atomic E-state index is 5.19. The number of methoxy groups -OCH3 is 1. The first kappa shape index (κ1) is 13.4. The monoisotopic (exact) mass is 247 g/mol. The Kier molecular flexibility index (Phi) is 4.65. The van der Waals surface area contributed by atoms with E-state index in [1.165, 1.54) is 31.2 Å². The molecule has 0 radical (unpaired) electrons. The van der Waals surface area contributed by atoms with Gasteiger partial charge in [-0.05, 0) is 49.8 Å². The number of rotatable bonds is 6. The van der Waals surface area contributed by atoms with Crippen molar-refractivity contribution in [3.63, 3.8) is 0 Å². The lowest BCUT2D eigenvalue weighted by molar-refractivity contribution is 0.264. The number of benzene rings is 1. The maximum atomic E-state index is 5.19. The predicted molar refractivity (Wildman–Crippen MR) is 76.3 cm³/mol. The number of ether oxygens (including phenoxy) is 1. The third kappa shape index (κ3) is 3.26. The predicted octanol–water partition coefficient (Wildman–Crippen LogP) is 3.72. The Bertz CT molecular complexity index is 354. The number of hydrogen-bond acceptors (Lipinski definition) is 2. The lowest BCUT2D eigenvalue weighted by Gasteiger charge is -2.38. The summed E-state index contributed by atoms with van der Waals surface area (Å²) in [5.74, 6) is 1.69. The van der Waals surface area contributed by atoms with Crippen molar-refractivity contribution in [1.82, 2.24) is 5.32 Å². The van der Waals surface area contributed by atoms with Crippen molar-refractivity contribution in [3.8, 4) is 5.75 Å². The van der Waals surface area contributed by atoms with Crippen molar-refractivity contribution in [2.24, 2.45) is 0 Å². The first-order valence-electron chi connectivity index (χ1n) is 7.13. The standard InChI is InChI=1S/C16H25NO/c1-4-5-12(2)17-15-10-14(11-15)13-6-8-16(18-3)9-7-13/h6-9,12,14-15,17H,4-5,10-11H2,1-3H3. The van der Waals surface area contributed by atoms with Crippen LogP contribution in [0.2, 0.25) is 0 Å². The van der Waals surface area contributed by atoms with E-state index in [-0.39, 0.29) is 0 Å². The molecule has 0 bridgehead atoms. The topological polar surface area (TPSA) is 21.3 Å². The summed E-state index contributed by atoms with van der Waals surface area (Å²) in [7, 11) is 1.72. The Balaban J connectivity index is 1.77. The minimum absolute atomic E-state index is 0.664. The highest BCUT2D eigenvalue weighted by molar-refractivity contribution is 5.30. The van der Waals surface area contributed by atoms with Crippen LogP contribution in [0.15, 0.2) is 24.3 Å². The summed E-state index contributed by atoms with van der Waals surface area (Å²) >= 11 is 0. The minimum Gasteiger partial charge on any atom is -0.497 e. The molecular weight excluding hydrogens is 222 g/mol. The molecule has 1 aromatic carbocycles. The third-order valence-electron chi connectivity index (χ3n) is 3.97. The van der Waals surface area contributed by atoms with E-state index in [0.717, 1.165) is 17.7 Å². The summed E-state index contributed by atoms with van der Waals surface area (Å²) in [6.07, 6.45) is 5.10. The van der Waals surface area contributed by atoms with Gasteiger partial charge in [0.15, 0.2) is 0 Å². The fourth-order valence-corrected chi connectivity index (χ4v) is 2.82. The van der Waals surface area contributed by atoms with Crippen LogP contribution >= 0.6 is 0 Å².